The Bertz CT molecular complexity index is 1130. The normalized spacial score (nSPS) is 11.6. The summed E-state index contributed by atoms with van der Waals surface area (Å²) in [7, 11) is 0. The van der Waals surface area contributed by atoms with E-state index < -0.39 is 6.04 Å². The predicted octanol–water partition coefficient (Wildman–Crippen LogP) is 7.17. The highest BCUT2D eigenvalue weighted by molar-refractivity contribution is 7.98. The highest BCUT2D eigenvalue weighted by atomic mass is 35.5. The Morgan fingerprint density at radius 3 is 2.27 bits per heavy atom. The molecule has 7 heteroatoms. The van der Waals surface area contributed by atoms with Crippen LogP contribution in [0.5, 0.6) is 0 Å². The van der Waals surface area contributed by atoms with E-state index in [0.717, 1.165) is 29.7 Å². The lowest BCUT2D eigenvalue weighted by molar-refractivity contribution is -0.141. The summed E-state index contributed by atoms with van der Waals surface area (Å²) in [5.74, 6) is 1.28. The maximum absolute atomic E-state index is 13.7. The molecule has 196 valence electrons. The number of carbonyl (C=O) groups excluding carboxylic acids is 2. The summed E-state index contributed by atoms with van der Waals surface area (Å²) >= 11 is 14.3. The fraction of sp³-hybridized carbons (Fsp3) is 0.333. The Morgan fingerprint density at radius 2 is 1.62 bits per heavy atom. The zero-order valence-corrected chi connectivity index (χ0v) is 23.5. The molecule has 3 aromatic rings. The Kier molecular flexibility index (Phi) is 12.3. The largest absolute Gasteiger partial charge is 0.354 e. The van der Waals surface area contributed by atoms with Crippen LogP contribution in [0.25, 0.3) is 0 Å². The third-order valence-electron chi connectivity index (χ3n) is 6.03. The molecule has 0 bridgehead atoms. The number of nitrogens with one attached hydrogen (secondary N) is 1. The molecule has 0 fully saturated rings. The second kappa shape index (κ2) is 15.7. The van der Waals surface area contributed by atoms with Crippen molar-refractivity contribution in [2.45, 2.75) is 50.9 Å². The van der Waals surface area contributed by atoms with Crippen LogP contribution in [-0.2, 0) is 28.3 Å². The van der Waals surface area contributed by atoms with Crippen LogP contribution >= 0.6 is 35.0 Å². The highest BCUT2D eigenvalue weighted by Gasteiger charge is 2.30. The van der Waals surface area contributed by atoms with Crippen LogP contribution in [0.1, 0.15) is 42.9 Å². The van der Waals surface area contributed by atoms with E-state index in [1.54, 1.807) is 28.8 Å². The summed E-state index contributed by atoms with van der Waals surface area (Å²) in [5, 5.41) is 4.06. The first-order valence-electron chi connectivity index (χ1n) is 12.6. The molecule has 0 radical (unpaired) electrons. The van der Waals surface area contributed by atoms with Crippen LogP contribution in [0.15, 0.2) is 78.9 Å². The van der Waals surface area contributed by atoms with Gasteiger partial charge in [-0.3, -0.25) is 9.59 Å². The first-order chi connectivity index (χ1) is 18.0. The Labute approximate surface area is 234 Å². The molecule has 0 aliphatic heterocycles. The maximum Gasteiger partial charge on any atom is 0.243 e. The molecule has 3 aromatic carbocycles. The Balaban J connectivity index is 1.81. The predicted molar refractivity (Wildman–Crippen MR) is 156 cm³/mol. The number of hydrogen-bond acceptors (Lipinski definition) is 3. The lowest BCUT2D eigenvalue weighted by Crippen LogP contribution is -2.50. The SMILES string of the molecule is CCCCNC(=O)[C@H](Cc1ccccc1)N(Cc1ccc(Cl)cc1Cl)C(=O)CCSCc1ccccc1. The van der Waals surface area contributed by atoms with E-state index >= 15 is 0 Å². The van der Waals surface area contributed by atoms with Crippen molar-refractivity contribution in [1.29, 1.82) is 0 Å². The molecule has 0 aromatic heterocycles. The Morgan fingerprint density at radius 1 is 0.946 bits per heavy atom. The molecule has 0 unspecified atom stereocenters. The molecule has 37 heavy (non-hydrogen) atoms. The quantitative estimate of drug-likeness (QED) is 0.214. The number of halogens is 2. The van der Waals surface area contributed by atoms with Crippen LogP contribution in [0, 0.1) is 0 Å². The van der Waals surface area contributed by atoms with Crippen molar-refractivity contribution >= 4 is 46.8 Å². The minimum Gasteiger partial charge on any atom is -0.354 e. The molecular formula is C30H34Cl2N2O2S. The molecule has 0 aliphatic carbocycles. The second-order valence-corrected chi connectivity index (χ2v) is 10.8. The molecule has 0 saturated heterocycles. The van der Waals surface area contributed by atoms with Crippen molar-refractivity contribution < 1.29 is 9.59 Å². The average Bonchev–Trinajstić information content (AvgIpc) is 2.91. The van der Waals surface area contributed by atoms with Gasteiger partial charge in [0.15, 0.2) is 0 Å². The van der Waals surface area contributed by atoms with Crippen LogP contribution < -0.4 is 5.32 Å². The van der Waals surface area contributed by atoms with Gasteiger partial charge in [-0.1, -0.05) is 103 Å². The minimum absolute atomic E-state index is 0.0712. The molecule has 3 rings (SSSR count). The number of amides is 2. The van der Waals surface area contributed by atoms with E-state index in [9.17, 15) is 9.59 Å². The number of nitrogens with zero attached hydrogens (tertiary/aromatic N) is 1. The first-order valence-corrected chi connectivity index (χ1v) is 14.6. The summed E-state index contributed by atoms with van der Waals surface area (Å²) < 4.78 is 0. The first kappa shape index (κ1) is 29.1. The van der Waals surface area contributed by atoms with Gasteiger partial charge in [0.25, 0.3) is 0 Å². The van der Waals surface area contributed by atoms with Crippen molar-refractivity contribution in [2.75, 3.05) is 12.3 Å². The topological polar surface area (TPSA) is 49.4 Å². The summed E-state index contributed by atoms with van der Waals surface area (Å²) in [6.45, 7) is 2.90. The van der Waals surface area contributed by atoms with Gasteiger partial charge in [-0.25, -0.2) is 0 Å². The summed E-state index contributed by atoms with van der Waals surface area (Å²) in [5.41, 5.74) is 2.98. The molecule has 0 aliphatic rings. The summed E-state index contributed by atoms with van der Waals surface area (Å²) in [6.07, 6.45) is 2.62. The van der Waals surface area contributed by atoms with Gasteiger partial charge in [0.05, 0.1) is 0 Å². The van der Waals surface area contributed by atoms with E-state index in [4.69, 9.17) is 23.2 Å². The molecule has 0 saturated carbocycles. The van der Waals surface area contributed by atoms with Crippen molar-refractivity contribution in [3.8, 4) is 0 Å². The van der Waals surface area contributed by atoms with Gasteiger partial charge in [-0.05, 0) is 35.2 Å². The van der Waals surface area contributed by atoms with Crippen molar-refractivity contribution in [3.63, 3.8) is 0 Å². The number of hydrogen-bond donors (Lipinski definition) is 1. The maximum atomic E-state index is 13.7. The van der Waals surface area contributed by atoms with Gasteiger partial charge in [-0.2, -0.15) is 11.8 Å². The van der Waals surface area contributed by atoms with Crippen LogP contribution in [0.3, 0.4) is 0 Å². The number of rotatable bonds is 14. The fourth-order valence-electron chi connectivity index (χ4n) is 3.96. The second-order valence-electron chi connectivity index (χ2n) is 8.90. The van der Waals surface area contributed by atoms with Crippen LogP contribution in [-0.4, -0.2) is 35.1 Å². The van der Waals surface area contributed by atoms with E-state index in [1.165, 1.54) is 5.56 Å². The monoisotopic (exact) mass is 556 g/mol. The van der Waals surface area contributed by atoms with E-state index in [1.807, 2.05) is 54.6 Å². The highest BCUT2D eigenvalue weighted by Crippen LogP contribution is 2.25. The van der Waals surface area contributed by atoms with E-state index in [-0.39, 0.29) is 18.4 Å². The lowest BCUT2D eigenvalue weighted by Gasteiger charge is -2.32. The molecule has 1 N–H and O–H groups in total. The molecule has 1 atom stereocenters. The van der Waals surface area contributed by atoms with E-state index in [2.05, 4.69) is 24.4 Å². The molecule has 2 amide bonds. The minimum atomic E-state index is -0.655. The van der Waals surface area contributed by atoms with Gasteiger partial charge in [0, 0.05) is 47.5 Å². The van der Waals surface area contributed by atoms with Gasteiger partial charge in [0.2, 0.25) is 11.8 Å². The third kappa shape index (κ3) is 9.73. The van der Waals surface area contributed by atoms with Crippen molar-refractivity contribution in [2.24, 2.45) is 0 Å². The Hall–Kier alpha value is -2.47. The number of benzene rings is 3. The third-order valence-corrected chi connectivity index (χ3v) is 7.65. The van der Waals surface area contributed by atoms with Gasteiger partial charge < -0.3 is 10.2 Å². The number of unbranched alkanes of at least 4 members (excludes halogenated alkanes) is 1. The van der Waals surface area contributed by atoms with Gasteiger partial charge in [0.1, 0.15) is 6.04 Å². The standard InChI is InChI=1S/C30H34Cl2N2O2S/c1-2-3-17-33-30(36)28(19-23-10-6-4-7-11-23)34(21-25-14-15-26(31)20-27(25)32)29(35)16-18-37-22-24-12-8-5-9-13-24/h4-15,20,28H,2-3,16-19,21-22H2,1H3,(H,33,36)/t28-/m0/s1. The number of carbonyl (C=O) groups is 2. The molecular weight excluding hydrogens is 523 g/mol. The zero-order chi connectivity index (χ0) is 26.5. The van der Waals surface area contributed by atoms with Crippen LogP contribution in [0.4, 0.5) is 0 Å². The fourth-order valence-corrected chi connectivity index (χ4v) is 5.32. The van der Waals surface area contributed by atoms with E-state index in [0.29, 0.717) is 35.2 Å². The zero-order valence-electron chi connectivity index (χ0n) is 21.2. The molecule has 0 heterocycles. The molecule has 4 nitrogen and oxygen atoms in total. The van der Waals surface area contributed by atoms with Crippen molar-refractivity contribution in [1.82, 2.24) is 10.2 Å². The summed E-state index contributed by atoms with van der Waals surface area (Å²) in [6, 6.07) is 24.6. The van der Waals surface area contributed by atoms with Crippen LogP contribution in [0.2, 0.25) is 10.0 Å². The lowest BCUT2D eigenvalue weighted by atomic mass is 10.0. The smallest absolute Gasteiger partial charge is 0.243 e. The summed E-state index contributed by atoms with van der Waals surface area (Å²) in [4.78, 5) is 28.8. The molecule has 0 spiro atoms. The average molecular weight is 558 g/mol. The van der Waals surface area contributed by atoms with Crippen molar-refractivity contribution in [3.05, 3.63) is 106 Å². The van der Waals surface area contributed by atoms with Gasteiger partial charge in [-0.15, -0.1) is 0 Å². The van der Waals surface area contributed by atoms with Gasteiger partial charge >= 0.3 is 0 Å². The number of thioether (sulfide) groups is 1.